The van der Waals surface area contributed by atoms with Crippen LogP contribution in [0, 0.1) is 0 Å². The molecule has 0 bridgehead atoms. The molecule has 0 unspecified atom stereocenters. The Morgan fingerprint density at radius 1 is 0.914 bits per heavy atom. The van der Waals surface area contributed by atoms with Gasteiger partial charge in [-0.1, -0.05) is 30.3 Å². The average molecular weight is 463 g/mol. The molecular formula is C28H26N6O. The number of amides is 1. The van der Waals surface area contributed by atoms with E-state index in [1.165, 1.54) is 5.56 Å². The number of pyridine rings is 2. The molecule has 5 aromatic rings. The molecule has 1 aromatic carbocycles. The van der Waals surface area contributed by atoms with E-state index >= 15 is 0 Å². The monoisotopic (exact) mass is 462 g/mol. The summed E-state index contributed by atoms with van der Waals surface area (Å²) in [4.78, 5) is 27.8. The van der Waals surface area contributed by atoms with Crippen molar-refractivity contribution in [2.24, 2.45) is 0 Å². The fraction of sp³-hybridized carbons (Fsp3) is 0.214. The molecule has 1 amide bonds. The molecule has 6 rings (SSSR count). The van der Waals surface area contributed by atoms with Crippen LogP contribution in [0.4, 0.5) is 0 Å². The van der Waals surface area contributed by atoms with Crippen molar-refractivity contribution < 1.29 is 4.79 Å². The zero-order valence-corrected chi connectivity index (χ0v) is 19.4. The first kappa shape index (κ1) is 21.3. The Kier molecular flexibility index (Phi) is 5.58. The first-order chi connectivity index (χ1) is 17.2. The molecule has 0 N–H and O–H groups in total. The van der Waals surface area contributed by atoms with Crippen LogP contribution in [0.15, 0.2) is 91.9 Å². The van der Waals surface area contributed by atoms with Crippen molar-refractivity contribution >= 4 is 11.6 Å². The average Bonchev–Trinajstić information content (AvgIpc) is 3.59. The minimum absolute atomic E-state index is 0.155. The lowest BCUT2D eigenvalue weighted by molar-refractivity contribution is -0.132. The van der Waals surface area contributed by atoms with Crippen molar-refractivity contribution in [3.8, 4) is 22.5 Å². The molecule has 4 aromatic heterocycles. The van der Waals surface area contributed by atoms with Crippen LogP contribution < -0.4 is 0 Å². The molecule has 1 aliphatic rings. The van der Waals surface area contributed by atoms with Crippen molar-refractivity contribution in [1.29, 1.82) is 0 Å². The van der Waals surface area contributed by atoms with E-state index < -0.39 is 0 Å². The summed E-state index contributed by atoms with van der Waals surface area (Å²) in [6.45, 7) is 1.92. The number of imidazole rings is 2. The molecule has 1 saturated heterocycles. The summed E-state index contributed by atoms with van der Waals surface area (Å²) in [6.07, 6.45) is 13.0. The SMILES string of the molecule is O=C(Cn1ccnc1)N1CCC(c2ccn3c(-c4ccnc(-c5ccccc5)c4)cnc3c2)CC1. The first-order valence-corrected chi connectivity index (χ1v) is 12.0. The van der Waals surface area contributed by atoms with Gasteiger partial charge in [-0.25, -0.2) is 9.97 Å². The van der Waals surface area contributed by atoms with Gasteiger partial charge in [-0.3, -0.25) is 14.2 Å². The Labute approximate surface area is 203 Å². The summed E-state index contributed by atoms with van der Waals surface area (Å²) in [5, 5.41) is 0. The third-order valence-electron chi connectivity index (χ3n) is 6.86. The molecule has 0 aliphatic carbocycles. The molecule has 0 saturated carbocycles. The molecule has 1 fully saturated rings. The van der Waals surface area contributed by atoms with E-state index in [0.29, 0.717) is 12.5 Å². The molecule has 0 spiro atoms. The van der Waals surface area contributed by atoms with Gasteiger partial charge in [-0.15, -0.1) is 0 Å². The Morgan fingerprint density at radius 3 is 2.57 bits per heavy atom. The normalized spacial score (nSPS) is 14.5. The van der Waals surface area contributed by atoms with Crippen molar-refractivity contribution in [2.75, 3.05) is 13.1 Å². The number of carbonyl (C=O) groups is 1. The molecule has 0 atom stereocenters. The Bertz CT molecular complexity index is 1450. The number of aromatic nitrogens is 5. The Balaban J connectivity index is 1.18. The summed E-state index contributed by atoms with van der Waals surface area (Å²) in [6, 6.07) is 18.7. The smallest absolute Gasteiger partial charge is 0.242 e. The van der Waals surface area contributed by atoms with Crippen LogP contribution in [-0.2, 0) is 11.3 Å². The quantitative estimate of drug-likeness (QED) is 0.381. The summed E-state index contributed by atoms with van der Waals surface area (Å²) < 4.78 is 3.96. The van der Waals surface area contributed by atoms with Crippen molar-refractivity contribution in [3.05, 3.63) is 97.5 Å². The highest BCUT2D eigenvalue weighted by Crippen LogP contribution is 2.31. The molecule has 0 radical (unpaired) electrons. The fourth-order valence-corrected chi connectivity index (χ4v) is 4.92. The van der Waals surface area contributed by atoms with Crippen LogP contribution in [0.5, 0.6) is 0 Å². The van der Waals surface area contributed by atoms with Crippen LogP contribution in [0.25, 0.3) is 28.2 Å². The van der Waals surface area contributed by atoms with Crippen LogP contribution in [0.3, 0.4) is 0 Å². The molecule has 7 nitrogen and oxygen atoms in total. The van der Waals surface area contributed by atoms with Gasteiger partial charge in [0.05, 0.1) is 23.9 Å². The van der Waals surface area contributed by atoms with Gasteiger partial charge >= 0.3 is 0 Å². The molecule has 5 heterocycles. The van der Waals surface area contributed by atoms with E-state index in [-0.39, 0.29) is 5.91 Å². The van der Waals surface area contributed by atoms with Gasteiger partial charge in [0.1, 0.15) is 12.2 Å². The number of likely N-dealkylation sites (tertiary alicyclic amines) is 1. The minimum atomic E-state index is 0.155. The number of rotatable bonds is 5. The maximum Gasteiger partial charge on any atom is 0.242 e. The summed E-state index contributed by atoms with van der Waals surface area (Å²) in [5.74, 6) is 0.588. The van der Waals surface area contributed by atoms with E-state index in [2.05, 4.69) is 50.9 Å². The van der Waals surface area contributed by atoms with E-state index in [0.717, 1.165) is 54.1 Å². The third kappa shape index (κ3) is 4.33. The van der Waals surface area contributed by atoms with E-state index in [1.54, 1.807) is 12.5 Å². The van der Waals surface area contributed by atoms with Gasteiger partial charge in [0, 0.05) is 49.0 Å². The predicted octanol–water partition coefficient (Wildman–Crippen LogP) is 4.67. The van der Waals surface area contributed by atoms with Gasteiger partial charge in [0.25, 0.3) is 0 Å². The largest absolute Gasteiger partial charge is 0.341 e. The molecular weight excluding hydrogens is 436 g/mol. The van der Waals surface area contributed by atoms with E-state index in [9.17, 15) is 4.79 Å². The van der Waals surface area contributed by atoms with Gasteiger partial charge in [-0.05, 0) is 48.6 Å². The number of hydrogen-bond acceptors (Lipinski definition) is 4. The van der Waals surface area contributed by atoms with Gasteiger partial charge in [0.15, 0.2) is 0 Å². The maximum absolute atomic E-state index is 12.6. The second-order valence-corrected chi connectivity index (χ2v) is 9.02. The van der Waals surface area contributed by atoms with Crippen LogP contribution in [0.2, 0.25) is 0 Å². The number of hydrogen-bond donors (Lipinski definition) is 0. The number of nitrogens with zero attached hydrogens (tertiary/aromatic N) is 6. The topological polar surface area (TPSA) is 68.3 Å². The summed E-state index contributed by atoms with van der Waals surface area (Å²) >= 11 is 0. The lowest BCUT2D eigenvalue weighted by Gasteiger charge is -2.32. The molecule has 7 heteroatoms. The lowest BCUT2D eigenvalue weighted by atomic mass is 9.90. The summed E-state index contributed by atoms with van der Waals surface area (Å²) in [5.41, 5.74) is 6.41. The Hall–Kier alpha value is -4.26. The van der Waals surface area contributed by atoms with Crippen molar-refractivity contribution in [2.45, 2.75) is 25.3 Å². The van der Waals surface area contributed by atoms with Gasteiger partial charge < -0.3 is 9.47 Å². The van der Waals surface area contributed by atoms with Crippen molar-refractivity contribution in [1.82, 2.24) is 28.8 Å². The lowest BCUT2D eigenvalue weighted by Crippen LogP contribution is -2.39. The van der Waals surface area contributed by atoms with E-state index in [4.69, 9.17) is 4.98 Å². The highest BCUT2D eigenvalue weighted by molar-refractivity contribution is 5.76. The fourth-order valence-electron chi connectivity index (χ4n) is 4.92. The third-order valence-corrected chi connectivity index (χ3v) is 6.86. The Morgan fingerprint density at radius 2 is 1.77 bits per heavy atom. The predicted molar refractivity (Wildman–Crippen MR) is 135 cm³/mol. The molecule has 35 heavy (non-hydrogen) atoms. The number of carbonyl (C=O) groups excluding carboxylic acids is 1. The van der Waals surface area contributed by atoms with Gasteiger partial charge in [0.2, 0.25) is 5.91 Å². The van der Waals surface area contributed by atoms with Gasteiger partial charge in [-0.2, -0.15) is 0 Å². The highest BCUT2D eigenvalue weighted by Gasteiger charge is 2.24. The minimum Gasteiger partial charge on any atom is -0.341 e. The summed E-state index contributed by atoms with van der Waals surface area (Å²) in [7, 11) is 0. The zero-order chi connectivity index (χ0) is 23.6. The molecule has 1 aliphatic heterocycles. The standard InChI is InChI=1S/C28H26N6O/c35-28(19-32-15-11-29-20-32)33-12-7-21(8-13-33)23-9-14-34-26(18-31-27(34)17-23)24-6-10-30-25(16-24)22-4-2-1-3-5-22/h1-6,9-11,14-18,20-21H,7-8,12-13,19H2. The first-order valence-electron chi connectivity index (χ1n) is 12.0. The number of benzene rings is 1. The van der Waals surface area contributed by atoms with Crippen molar-refractivity contribution in [3.63, 3.8) is 0 Å². The van der Waals surface area contributed by atoms with E-state index in [1.807, 2.05) is 52.3 Å². The number of fused-ring (bicyclic) bond motifs is 1. The highest BCUT2D eigenvalue weighted by atomic mass is 16.2. The van der Waals surface area contributed by atoms with Crippen LogP contribution in [-0.4, -0.2) is 47.8 Å². The second-order valence-electron chi connectivity index (χ2n) is 9.02. The number of piperidine rings is 1. The second kappa shape index (κ2) is 9.18. The zero-order valence-electron chi connectivity index (χ0n) is 19.4. The maximum atomic E-state index is 12.6. The van der Waals surface area contributed by atoms with Crippen LogP contribution in [0.1, 0.15) is 24.3 Å². The molecule has 174 valence electrons. The van der Waals surface area contributed by atoms with Crippen LogP contribution >= 0.6 is 0 Å².